The second-order valence-corrected chi connectivity index (χ2v) is 7.65. The van der Waals surface area contributed by atoms with E-state index in [1.54, 1.807) is 42.5 Å². The van der Waals surface area contributed by atoms with Gasteiger partial charge in [0.05, 0.1) is 36.7 Å². The number of methoxy groups -OCH3 is 2. The molecule has 2 amide bonds. The van der Waals surface area contributed by atoms with Gasteiger partial charge in [-0.1, -0.05) is 23.2 Å². The second-order valence-electron chi connectivity index (χ2n) is 6.81. The van der Waals surface area contributed by atoms with Gasteiger partial charge in [-0.15, -0.1) is 0 Å². The van der Waals surface area contributed by atoms with Crippen molar-refractivity contribution in [2.75, 3.05) is 19.5 Å². The van der Waals surface area contributed by atoms with Gasteiger partial charge in [0.15, 0.2) is 11.5 Å². The van der Waals surface area contributed by atoms with Crippen molar-refractivity contribution in [1.82, 2.24) is 5.43 Å². The average molecular weight is 516 g/mol. The van der Waals surface area contributed by atoms with Crippen molar-refractivity contribution < 1.29 is 28.6 Å². The van der Waals surface area contributed by atoms with Crippen LogP contribution in [-0.4, -0.2) is 38.2 Å². The van der Waals surface area contributed by atoms with Crippen LogP contribution in [0.2, 0.25) is 10.0 Å². The number of ether oxygens (including phenoxy) is 3. The van der Waals surface area contributed by atoms with E-state index in [9.17, 15) is 14.4 Å². The van der Waals surface area contributed by atoms with Crippen LogP contribution in [0.5, 0.6) is 17.2 Å². The summed E-state index contributed by atoms with van der Waals surface area (Å²) in [4.78, 5) is 36.3. The highest BCUT2D eigenvalue weighted by Crippen LogP contribution is 2.28. The number of hydrogen-bond acceptors (Lipinski definition) is 7. The monoisotopic (exact) mass is 515 g/mol. The van der Waals surface area contributed by atoms with Crippen LogP contribution in [0.4, 0.5) is 5.69 Å². The molecule has 0 aliphatic carbocycles. The van der Waals surface area contributed by atoms with Crippen molar-refractivity contribution in [1.29, 1.82) is 0 Å². The minimum Gasteiger partial charge on any atom is -0.493 e. The Morgan fingerprint density at radius 2 is 1.57 bits per heavy atom. The van der Waals surface area contributed by atoms with Gasteiger partial charge in [0.2, 0.25) is 0 Å². The second kappa shape index (κ2) is 11.9. The van der Waals surface area contributed by atoms with Crippen molar-refractivity contribution in [3.05, 3.63) is 81.8 Å². The number of esters is 1. The van der Waals surface area contributed by atoms with Gasteiger partial charge < -0.3 is 19.5 Å². The molecule has 0 aliphatic rings. The summed E-state index contributed by atoms with van der Waals surface area (Å²) in [6, 6.07) is 15.5. The van der Waals surface area contributed by atoms with Crippen molar-refractivity contribution in [3.8, 4) is 17.2 Å². The zero-order valence-corrected chi connectivity index (χ0v) is 20.0. The predicted octanol–water partition coefficient (Wildman–Crippen LogP) is 4.32. The molecule has 0 radical (unpaired) electrons. The molecule has 0 unspecified atom stereocenters. The Hall–Kier alpha value is -4.08. The molecule has 0 bridgehead atoms. The minimum absolute atomic E-state index is 0.196. The minimum atomic E-state index is -1.00. The van der Waals surface area contributed by atoms with E-state index in [0.717, 1.165) is 0 Å². The summed E-state index contributed by atoms with van der Waals surface area (Å²) in [5.41, 5.74) is 3.17. The smallest absolute Gasteiger partial charge is 0.343 e. The maximum Gasteiger partial charge on any atom is 0.343 e. The lowest BCUT2D eigenvalue weighted by molar-refractivity contribution is -0.136. The number of anilines is 1. The molecule has 180 valence electrons. The van der Waals surface area contributed by atoms with Crippen molar-refractivity contribution in [3.63, 3.8) is 0 Å². The third-order valence-electron chi connectivity index (χ3n) is 4.47. The van der Waals surface area contributed by atoms with Crippen LogP contribution in [0.15, 0.2) is 65.8 Å². The average Bonchev–Trinajstić information content (AvgIpc) is 2.86. The Kier molecular flexibility index (Phi) is 8.66. The molecule has 0 fully saturated rings. The lowest BCUT2D eigenvalue weighted by Crippen LogP contribution is -2.32. The third-order valence-corrected chi connectivity index (χ3v) is 5.04. The molecule has 3 aromatic rings. The van der Waals surface area contributed by atoms with E-state index in [0.29, 0.717) is 27.8 Å². The fraction of sp³-hybridized carbons (Fsp3) is 0.0833. The van der Waals surface area contributed by atoms with Crippen molar-refractivity contribution >= 4 is 52.9 Å². The van der Waals surface area contributed by atoms with E-state index < -0.39 is 17.8 Å². The fourth-order valence-electron chi connectivity index (χ4n) is 2.74. The highest BCUT2D eigenvalue weighted by atomic mass is 35.5. The van der Waals surface area contributed by atoms with Gasteiger partial charge >= 0.3 is 17.8 Å². The Morgan fingerprint density at radius 3 is 2.26 bits per heavy atom. The molecule has 3 aromatic carbocycles. The number of halogens is 2. The van der Waals surface area contributed by atoms with Crippen LogP contribution in [-0.2, 0) is 9.59 Å². The Bertz CT molecular complexity index is 1280. The molecule has 0 saturated heterocycles. The molecule has 0 aromatic heterocycles. The van der Waals surface area contributed by atoms with Crippen LogP contribution in [0.3, 0.4) is 0 Å². The number of hydrazone groups is 1. The highest BCUT2D eigenvalue weighted by Gasteiger charge is 2.15. The van der Waals surface area contributed by atoms with Crippen molar-refractivity contribution in [2.24, 2.45) is 5.10 Å². The summed E-state index contributed by atoms with van der Waals surface area (Å²) < 4.78 is 15.7. The van der Waals surface area contributed by atoms with Gasteiger partial charge in [-0.25, -0.2) is 10.2 Å². The number of carbonyl (C=O) groups excluding carboxylic acids is 3. The number of carbonyl (C=O) groups is 3. The first-order chi connectivity index (χ1) is 16.8. The van der Waals surface area contributed by atoms with Crippen molar-refractivity contribution in [2.45, 2.75) is 0 Å². The van der Waals surface area contributed by atoms with Gasteiger partial charge in [0.25, 0.3) is 0 Å². The first-order valence-electron chi connectivity index (χ1n) is 9.94. The number of nitrogens with zero attached hydrogens (tertiary/aromatic N) is 1. The lowest BCUT2D eigenvalue weighted by atomic mass is 10.2. The molecular formula is C24H19Cl2N3O6. The first kappa shape index (κ1) is 25.5. The van der Waals surface area contributed by atoms with E-state index in [1.165, 1.54) is 38.6 Å². The quantitative estimate of drug-likeness (QED) is 0.159. The molecule has 0 heterocycles. The molecule has 2 N–H and O–H groups in total. The van der Waals surface area contributed by atoms with Gasteiger partial charge in [0, 0.05) is 5.02 Å². The zero-order chi connectivity index (χ0) is 25.4. The molecule has 0 aliphatic heterocycles. The highest BCUT2D eigenvalue weighted by molar-refractivity contribution is 6.42. The summed E-state index contributed by atoms with van der Waals surface area (Å²) in [6.45, 7) is 0. The number of rotatable bonds is 7. The topological polar surface area (TPSA) is 115 Å². The lowest BCUT2D eigenvalue weighted by Gasteiger charge is -2.09. The van der Waals surface area contributed by atoms with Crippen LogP contribution in [0, 0.1) is 0 Å². The summed E-state index contributed by atoms with van der Waals surface area (Å²) in [6.07, 6.45) is 1.32. The molecule has 3 rings (SSSR count). The Labute approximate surface area is 210 Å². The maximum atomic E-state index is 12.4. The summed E-state index contributed by atoms with van der Waals surface area (Å²) >= 11 is 11.8. The first-order valence-corrected chi connectivity index (χ1v) is 10.7. The van der Waals surface area contributed by atoms with Gasteiger partial charge in [0.1, 0.15) is 5.75 Å². The van der Waals surface area contributed by atoms with Crippen LogP contribution in [0.1, 0.15) is 15.9 Å². The Balaban J connectivity index is 1.54. The summed E-state index contributed by atoms with van der Waals surface area (Å²) in [7, 11) is 2.97. The number of amides is 2. The van der Waals surface area contributed by atoms with E-state index in [-0.39, 0.29) is 16.3 Å². The molecular weight excluding hydrogens is 497 g/mol. The standard InChI is InChI=1S/C24H19Cl2N3O6/c1-33-20-10-5-15(11-21(20)34-2)24(32)35-17-7-3-14(4-8-17)13-27-29-23(31)22(30)28-19-12-16(25)6-9-18(19)26/h3-13H,1-2H3,(H,28,30)(H,29,31)/b27-13-. The van der Waals surface area contributed by atoms with Gasteiger partial charge in [-0.05, 0) is 66.2 Å². The molecule has 0 spiro atoms. The van der Waals surface area contributed by atoms with Crippen LogP contribution in [0.25, 0.3) is 0 Å². The fourth-order valence-corrected chi connectivity index (χ4v) is 3.08. The number of hydrogen-bond donors (Lipinski definition) is 2. The number of nitrogens with one attached hydrogen (secondary N) is 2. The molecule has 0 atom stereocenters. The normalized spacial score (nSPS) is 10.5. The van der Waals surface area contributed by atoms with E-state index in [2.05, 4.69) is 15.8 Å². The Morgan fingerprint density at radius 1 is 0.857 bits per heavy atom. The van der Waals surface area contributed by atoms with Crippen LogP contribution >= 0.6 is 23.2 Å². The maximum absolute atomic E-state index is 12.4. The van der Waals surface area contributed by atoms with E-state index >= 15 is 0 Å². The molecule has 9 nitrogen and oxygen atoms in total. The van der Waals surface area contributed by atoms with E-state index in [1.807, 2.05) is 0 Å². The van der Waals surface area contributed by atoms with E-state index in [4.69, 9.17) is 37.4 Å². The SMILES string of the molecule is COc1ccc(C(=O)Oc2ccc(/C=N\NC(=O)C(=O)Nc3cc(Cl)ccc3Cl)cc2)cc1OC. The van der Waals surface area contributed by atoms with Gasteiger partial charge in [-0.2, -0.15) is 5.10 Å². The summed E-state index contributed by atoms with van der Waals surface area (Å²) in [5, 5.41) is 6.66. The summed E-state index contributed by atoms with van der Waals surface area (Å²) in [5.74, 6) is -1.36. The van der Waals surface area contributed by atoms with Crippen LogP contribution < -0.4 is 25.0 Å². The number of benzene rings is 3. The predicted molar refractivity (Wildman–Crippen MR) is 132 cm³/mol. The molecule has 11 heteroatoms. The largest absolute Gasteiger partial charge is 0.493 e. The van der Waals surface area contributed by atoms with Gasteiger partial charge in [-0.3, -0.25) is 9.59 Å². The molecule has 0 saturated carbocycles. The third kappa shape index (κ3) is 6.95. The zero-order valence-electron chi connectivity index (χ0n) is 18.5. The molecule has 35 heavy (non-hydrogen) atoms.